The number of hydrogen-bond donors (Lipinski definition) is 2. The summed E-state index contributed by atoms with van der Waals surface area (Å²) >= 11 is 0. The molecule has 0 spiro atoms. The monoisotopic (exact) mass is 242 g/mol. The molecule has 0 saturated carbocycles. The maximum atomic E-state index is 11.5. The third-order valence-corrected chi connectivity index (χ3v) is 3.95. The third kappa shape index (κ3) is 3.18. The number of carbonyl (C=O) groups excluding carboxylic acids is 1. The molecular weight excluding hydrogens is 216 g/mol. The maximum Gasteiger partial charge on any atom is 0.238 e. The van der Waals surface area contributed by atoms with Gasteiger partial charge in [0, 0.05) is 25.7 Å². The van der Waals surface area contributed by atoms with E-state index in [0.29, 0.717) is 18.5 Å². The molecule has 0 aromatic carbocycles. The molecule has 0 bridgehead atoms. The number of nitrogens with zero attached hydrogens (tertiary/aromatic N) is 2. The summed E-state index contributed by atoms with van der Waals surface area (Å²) in [5, 5.41) is 3.03. The van der Waals surface area contributed by atoms with Crippen LogP contribution in [0.5, 0.6) is 0 Å². The van der Waals surface area contributed by atoms with Crippen LogP contribution >= 0.6 is 0 Å². The minimum absolute atomic E-state index is 0.291. The van der Waals surface area contributed by atoms with Crippen LogP contribution in [0.25, 0.3) is 0 Å². The largest absolute Gasteiger partial charge is 0.368 e. The molecule has 1 saturated heterocycles. The number of nitrogens with two attached hydrogens (primary N) is 1. The zero-order chi connectivity index (χ0) is 13.2. The van der Waals surface area contributed by atoms with Gasteiger partial charge in [-0.3, -0.25) is 9.69 Å². The van der Waals surface area contributed by atoms with Crippen LogP contribution in [0.1, 0.15) is 13.8 Å². The molecule has 100 valence electrons. The lowest BCUT2D eigenvalue weighted by Gasteiger charge is -2.31. The molecule has 0 aliphatic carbocycles. The molecule has 5 heteroatoms. The van der Waals surface area contributed by atoms with E-state index in [2.05, 4.69) is 36.1 Å². The van der Waals surface area contributed by atoms with Gasteiger partial charge >= 0.3 is 0 Å². The molecule has 5 nitrogen and oxygen atoms in total. The minimum Gasteiger partial charge on any atom is -0.368 e. The lowest BCUT2D eigenvalue weighted by Crippen LogP contribution is -2.58. The Labute approximate surface area is 104 Å². The van der Waals surface area contributed by atoms with E-state index in [-0.39, 0.29) is 5.91 Å². The van der Waals surface area contributed by atoms with E-state index in [1.54, 1.807) is 7.05 Å². The smallest absolute Gasteiger partial charge is 0.238 e. The van der Waals surface area contributed by atoms with Crippen molar-refractivity contribution in [1.29, 1.82) is 0 Å². The van der Waals surface area contributed by atoms with Gasteiger partial charge in [0.2, 0.25) is 5.91 Å². The Hall–Kier alpha value is -0.650. The summed E-state index contributed by atoms with van der Waals surface area (Å²) in [4.78, 5) is 16.0. The summed E-state index contributed by atoms with van der Waals surface area (Å²) in [6.45, 7) is 6.81. The van der Waals surface area contributed by atoms with Crippen molar-refractivity contribution in [3.63, 3.8) is 0 Å². The van der Waals surface area contributed by atoms with Crippen molar-refractivity contribution >= 4 is 5.91 Å². The van der Waals surface area contributed by atoms with Gasteiger partial charge in [0.1, 0.15) is 5.54 Å². The summed E-state index contributed by atoms with van der Waals surface area (Å²) in [6, 6.07) is 0.559. The second-order valence-electron chi connectivity index (χ2n) is 5.65. The van der Waals surface area contributed by atoms with Crippen molar-refractivity contribution in [3.05, 3.63) is 0 Å². The SMILES string of the molecule is CNC(C)(CN1CC(C)C(N(C)C)C1)C(N)=O. The minimum atomic E-state index is -0.638. The third-order valence-electron chi connectivity index (χ3n) is 3.95. The van der Waals surface area contributed by atoms with Gasteiger partial charge in [-0.15, -0.1) is 0 Å². The molecule has 1 heterocycles. The van der Waals surface area contributed by atoms with Crippen LogP contribution in [0.15, 0.2) is 0 Å². The Morgan fingerprint density at radius 1 is 1.53 bits per heavy atom. The number of primary amides is 1. The number of likely N-dealkylation sites (N-methyl/N-ethyl adjacent to an activating group) is 2. The molecule has 3 N–H and O–H groups in total. The quantitative estimate of drug-likeness (QED) is 0.671. The van der Waals surface area contributed by atoms with E-state index in [0.717, 1.165) is 13.1 Å². The maximum absolute atomic E-state index is 11.5. The normalized spacial score (nSPS) is 29.5. The van der Waals surface area contributed by atoms with Gasteiger partial charge in [0.05, 0.1) is 0 Å². The van der Waals surface area contributed by atoms with Crippen LogP contribution in [0.4, 0.5) is 0 Å². The molecule has 17 heavy (non-hydrogen) atoms. The molecular formula is C12H26N4O. The van der Waals surface area contributed by atoms with E-state index in [1.807, 2.05) is 6.92 Å². The summed E-state index contributed by atoms with van der Waals surface area (Å²) < 4.78 is 0. The van der Waals surface area contributed by atoms with E-state index < -0.39 is 5.54 Å². The van der Waals surface area contributed by atoms with Crippen LogP contribution in [0.3, 0.4) is 0 Å². The predicted octanol–water partition coefficient (Wildman–Crippen LogP) is -0.668. The first-order chi connectivity index (χ1) is 7.80. The van der Waals surface area contributed by atoms with Crippen molar-refractivity contribution < 1.29 is 4.79 Å². The lowest BCUT2D eigenvalue weighted by molar-refractivity contribution is -0.124. The van der Waals surface area contributed by atoms with Gasteiger partial charge in [-0.2, -0.15) is 0 Å². The van der Waals surface area contributed by atoms with Gasteiger partial charge in [-0.05, 0) is 34.0 Å². The topological polar surface area (TPSA) is 61.6 Å². The van der Waals surface area contributed by atoms with Gasteiger partial charge < -0.3 is 16.0 Å². The number of carbonyl (C=O) groups is 1. The van der Waals surface area contributed by atoms with Gasteiger partial charge in [0.15, 0.2) is 0 Å². The van der Waals surface area contributed by atoms with Crippen LogP contribution in [0.2, 0.25) is 0 Å². The molecule has 0 aromatic rings. The van der Waals surface area contributed by atoms with Gasteiger partial charge in [0.25, 0.3) is 0 Å². The first-order valence-corrected chi connectivity index (χ1v) is 6.17. The highest BCUT2D eigenvalue weighted by Crippen LogP contribution is 2.21. The second-order valence-corrected chi connectivity index (χ2v) is 5.65. The highest BCUT2D eigenvalue weighted by atomic mass is 16.1. The fourth-order valence-electron chi connectivity index (χ4n) is 2.58. The number of amides is 1. The molecule has 1 amide bonds. The summed E-state index contributed by atoms with van der Waals surface area (Å²) in [6.07, 6.45) is 0. The average Bonchev–Trinajstić information content (AvgIpc) is 2.59. The zero-order valence-electron chi connectivity index (χ0n) is 11.7. The number of likely N-dealkylation sites (tertiary alicyclic amines) is 1. The zero-order valence-corrected chi connectivity index (χ0v) is 11.7. The van der Waals surface area contributed by atoms with Crippen molar-refractivity contribution in [2.45, 2.75) is 25.4 Å². The molecule has 1 aliphatic rings. The van der Waals surface area contributed by atoms with Crippen LogP contribution in [-0.4, -0.2) is 68.1 Å². The standard InChI is InChI=1S/C12H26N4O/c1-9-6-16(7-10(9)15(4)5)8-12(2,14-3)11(13)17/h9-10,14H,6-8H2,1-5H3,(H2,13,17). The average molecular weight is 242 g/mol. The van der Waals surface area contributed by atoms with Crippen LogP contribution < -0.4 is 11.1 Å². The van der Waals surface area contributed by atoms with Crippen molar-refractivity contribution in [2.75, 3.05) is 40.8 Å². The van der Waals surface area contributed by atoms with Gasteiger partial charge in [-0.1, -0.05) is 6.92 Å². The summed E-state index contributed by atoms with van der Waals surface area (Å²) in [7, 11) is 6.00. The number of nitrogens with one attached hydrogen (secondary N) is 1. The first-order valence-electron chi connectivity index (χ1n) is 6.17. The number of rotatable bonds is 5. The summed E-state index contributed by atoms with van der Waals surface area (Å²) in [5.74, 6) is 0.333. The van der Waals surface area contributed by atoms with Crippen LogP contribution in [0, 0.1) is 5.92 Å². The Balaban J connectivity index is 2.63. The molecule has 0 aromatic heterocycles. The fourth-order valence-corrected chi connectivity index (χ4v) is 2.58. The van der Waals surface area contributed by atoms with Crippen molar-refractivity contribution in [2.24, 2.45) is 11.7 Å². The van der Waals surface area contributed by atoms with Crippen LogP contribution in [-0.2, 0) is 4.79 Å². The molecule has 1 fully saturated rings. The molecule has 1 aliphatic heterocycles. The summed E-state index contributed by atoms with van der Waals surface area (Å²) in [5.41, 5.74) is 4.81. The second kappa shape index (κ2) is 5.33. The Morgan fingerprint density at radius 2 is 2.12 bits per heavy atom. The Bertz CT molecular complexity index is 282. The fraction of sp³-hybridized carbons (Fsp3) is 0.917. The van der Waals surface area contributed by atoms with Gasteiger partial charge in [-0.25, -0.2) is 0 Å². The highest BCUT2D eigenvalue weighted by Gasteiger charge is 2.37. The van der Waals surface area contributed by atoms with E-state index in [4.69, 9.17) is 5.73 Å². The molecule has 1 rings (SSSR count). The highest BCUT2D eigenvalue weighted by molar-refractivity contribution is 5.84. The molecule has 3 unspecified atom stereocenters. The predicted molar refractivity (Wildman–Crippen MR) is 69.7 cm³/mol. The van der Waals surface area contributed by atoms with E-state index >= 15 is 0 Å². The van der Waals surface area contributed by atoms with E-state index in [9.17, 15) is 4.79 Å². The Morgan fingerprint density at radius 3 is 2.47 bits per heavy atom. The molecule has 0 radical (unpaired) electrons. The van der Waals surface area contributed by atoms with Crippen molar-refractivity contribution in [1.82, 2.24) is 15.1 Å². The lowest BCUT2D eigenvalue weighted by atomic mass is 10.0. The van der Waals surface area contributed by atoms with E-state index in [1.165, 1.54) is 0 Å². The Kier molecular flexibility index (Phi) is 4.52. The molecule has 3 atom stereocenters. The van der Waals surface area contributed by atoms with Crippen molar-refractivity contribution in [3.8, 4) is 0 Å². The first kappa shape index (κ1) is 14.4. The number of hydrogen-bond acceptors (Lipinski definition) is 4.